The highest BCUT2D eigenvalue weighted by Gasteiger charge is 2.66. The number of aliphatic hydroxyl groups excluding tert-OH is 2. The maximum absolute atomic E-state index is 13.2. The lowest BCUT2D eigenvalue weighted by Gasteiger charge is -2.63. The summed E-state index contributed by atoms with van der Waals surface area (Å²) in [7, 11) is 0. The van der Waals surface area contributed by atoms with Crippen LogP contribution >= 0.6 is 0 Å². The Morgan fingerprint density at radius 1 is 1.22 bits per heavy atom. The molecule has 8 atom stereocenters. The molecule has 0 saturated heterocycles. The summed E-state index contributed by atoms with van der Waals surface area (Å²) in [5, 5.41) is 23.2. The van der Waals surface area contributed by atoms with Gasteiger partial charge in [0.25, 0.3) is 0 Å². The smallest absolute Gasteiger partial charge is 0.345 e. The van der Waals surface area contributed by atoms with Crippen molar-refractivity contribution < 1.29 is 28.9 Å². The van der Waals surface area contributed by atoms with Gasteiger partial charge in [-0.15, -0.1) is 0 Å². The van der Waals surface area contributed by atoms with E-state index in [0.29, 0.717) is 30.6 Å². The first-order valence-electron chi connectivity index (χ1n) is 13.0. The van der Waals surface area contributed by atoms with Gasteiger partial charge in [-0.3, -0.25) is 9.78 Å². The third kappa shape index (κ3) is 3.44. The molecular weight excluding hydrogens is 462 g/mol. The molecule has 0 spiro atoms. The van der Waals surface area contributed by atoms with Crippen LogP contribution in [0, 0.1) is 29.1 Å². The first kappa shape index (κ1) is 23.7. The average Bonchev–Trinajstić information content (AvgIpc) is 3.68. The second-order valence-corrected chi connectivity index (χ2v) is 11.6. The van der Waals surface area contributed by atoms with Gasteiger partial charge in [0.2, 0.25) is 0 Å². The minimum Gasteiger partial charge on any atom is -0.484 e. The molecule has 3 heterocycles. The molecule has 3 fully saturated rings. The molecule has 2 aromatic heterocycles. The first-order chi connectivity index (χ1) is 17.1. The van der Waals surface area contributed by atoms with Gasteiger partial charge < -0.3 is 24.1 Å². The van der Waals surface area contributed by atoms with Crippen LogP contribution in [0.5, 0.6) is 5.75 Å². The van der Waals surface area contributed by atoms with Crippen molar-refractivity contribution in [1.29, 1.82) is 0 Å². The Morgan fingerprint density at radius 2 is 2.00 bits per heavy atom. The number of rotatable bonds is 3. The van der Waals surface area contributed by atoms with E-state index < -0.39 is 34.8 Å². The predicted molar refractivity (Wildman–Crippen MR) is 129 cm³/mol. The lowest BCUT2D eigenvalue weighted by Crippen LogP contribution is -2.68. The molecule has 7 unspecified atom stereocenters. The van der Waals surface area contributed by atoms with Crippen LogP contribution in [0.1, 0.15) is 64.5 Å². The lowest BCUT2D eigenvalue weighted by atomic mass is 9.46. The third-order valence-corrected chi connectivity index (χ3v) is 9.52. The predicted octanol–water partition coefficient (Wildman–Crippen LogP) is 3.64. The Kier molecular flexibility index (Phi) is 5.36. The number of hydrogen-bond acceptors (Lipinski definition) is 8. The molecule has 6 rings (SSSR count). The quantitative estimate of drug-likeness (QED) is 0.620. The number of hydrogen-bond donors (Lipinski definition) is 2. The van der Waals surface area contributed by atoms with Crippen molar-refractivity contribution in [2.24, 2.45) is 29.1 Å². The maximum Gasteiger partial charge on any atom is 0.345 e. The normalized spacial score (nSPS) is 39.2. The molecule has 0 amide bonds. The topological polar surface area (TPSA) is 119 Å². The number of fused-ring (bicyclic) bond motifs is 4. The minimum atomic E-state index is -1.17. The van der Waals surface area contributed by atoms with E-state index in [4.69, 9.17) is 13.9 Å². The van der Waals surface area contributed by atoms with E-state index in [1.165, 1.54) is 0 Å². The minimum absolute atomic E-state index is 0.00335. The van der Waals surface area contributed by atoms with Gasteiger partial charge >= 0.3 is 11.6 Å². The summed E-state index contributed by atoms with van der Waals surface area (Å²) in [4.78, 5) is 29.6. The largest absolute Gasteiger partial charge is 0.484 e. The van der Waals surface area contributed by atoms with Crippen LogP contribution < -0.4 is 10.4 Å². The van der Waals surface area contributed by atoms with E-state index in [1.54, 1.807) is 30.6 Å². The van der Waals surface area contributed by atoms with Crippen molar-refractivity contribution in [2.45, 2.75) is 76.8 Å². The van der Waals surface area contributed by atoms with Crippen LogP contribution in [0.25, 0.3) is 11.3 Å². The Hall–Kier alpha value is -2.71. The van der Waals surface area contributed by atoms with Gasteiger partial charge in [0.05, 0.1) is 18.1 Å². The third-order valence-electron chi connectivity index (χ3n) is 9.52. The summed E-state index contributed by atoms with van der Waals surface area (Å²) in [6.07, 6.45) is 4.57. The van der Waals surface area contributed by atoms with Crippen LogP contribution in [0.2, 0.25) is 0 Å². The Bertz CT molecular complexity index is 1240. The highest BCUT2D eigenvalue weighted by molar-refractivity contribution is 5.75. The van der Waals surface area contributed by atoms with Crippen LogP contribution in [0.3, 0.4) is 0 Å². The van der Waals surface area contributed by atoms with Crippen LogP contribution in [-0.2, 0) is 9.53 Å². The molecule has 192 valence electrons. The monoisotopic (exact) mass is 495 g/mol. The van der Waals surface area contributed by atoms with Crippen molar-refractivity contribution in [3.8, 4) is 17.1 Å². The molecule has 3 aliphatic carbocycles. The Morgan fingerprint density at radius 3 is 2.69 bits per heavy atom. The van der Waals surface area contributed by atoms with Crippen molar-refractivity contribution in [1.82, 2.24) is 4.98 Å². The molecule has 0 aromatic carbocycles. The standard InChI is InChI=1S/C28H33NO7/c1-14-17-11-21(30)28(3)24(27(17,2)9-8-18(14)34-25(32)15-6-7-15)23(31)22-20(36-28)12-19(35-26(22)33)16-5-4-10-29-13-16/h4-5,10,12-15,17-18,21,23-24,30-31H,6-9,11H2,1-3H3/t14?,17?,18?,21-,23?,24?,27?,28?/m0/s1. The summed E-state index contributed by atoms with van der Waals surface area (Å²) in [5.41, 5.74) is -1.49. The molecule has 8 heteroatoms. The van der Waals surface area contributed by atoms with E-state index in [-0.39, 0.29) is 41.1 Å². The van der Waals surface area contributed by atoms with Gasteiger partial charge in [-0.2, -0.15) is 0 Å². The molecule has 1 aliphatic heterocycles. The highest BCUT2D eigenvalue weighted by Crippen LogP contribution is 2.64. The van der Waals surface area contributed by atoms with Gasteiger partial charge in [-0.1, -0.05) is 13.8 Å². The van der Waals surface area contributed by atoms with Gasteiger partial charge in [0.1, 0.15) is 28.8 Å². The van der Waals surface area contributed by atoms with Crippen LogP contribution in [0.15, 0.2) is 39.8 Å². The number of aromatic nitrogens is 1. The average molecular weight is 496 g/mol. The number of ether oxygens (including phenoxy) is 2. The van der Waals surface area contributed by atoms with E-state index >= 15 is 0 Å². The number of esters is 1. The van der Waals surface area contributed by atoms with Crippen molar-refractivity contribution >= 4 is 5.97 Å². The summed E-state index contributed by atoms with van der Waals surface area (Å²) in [5.74, 6) is -0.109. The maximum atomic E-state index is 13.2. The lowest BCUT2D eigenvalue weighted by molar-refractivity contribution is -0.244. The highest BCUT2D eigenvalue weighted by atomic mass is 16.5. The second kappa shape index (κ2) is 8.15. The summed E-state index contributed by atoms with van der Waals surface area (Å²) < 4.78 is 17.9. The zero-order valence-corrected chi connectivity index (χ0v) is 20.8. The van der Waals surface area contributed by atoms with Gasteiger partial charge in [-0.25, -0.2) is 4.79 Å². The molecule has 0 radical (unpaired) electrons. The first-order valence-corrected chi connectivity index (χ1v) is 13.0. The van der Waals surface area contributed by atoms with E-state index in [9.17, 15) is 19.8 Å². The van der Waals surface area contributed by atoms with E-state index in [1.807, 2.05) is 6.92 Å². The molecular formula is C28H33NO7. The zero-order valence-electron chi connectivity index (χ0n) is 20.8. The Labute approximate surface area is 209 Å². The SMILES string of the molecule is CC1C(OC(=O)C2CC2)CCC2(C)C1C[C@H](O)C1(C)Oc3cc(-c4cccnc4)oc(=O)c3C(O)C21. The summed E-state index contributed by atoms with van der Waals surface area (Å²) in [6, 6.07) is 5.13. The number of nitrogens with zero attached hydrogens (tertiary/aromatic N) is 1. The number of carbonyl (C=O) groups excluding carboxylic acids is 1. The van der Waals surface area contributed by atoms with Crippen molar-refractivity contribution in [3.05, 3.63) is 46.6 Å². The van der Waals surface area contributed by atoms with Crippen molar-refractivity contribution in [3.63, 3.8) is 0 Å². The fourth-order valence-corrected chi connectivity index (χ4v) is 7.39. The van der Waals surface area contributed by atoms with Crippen LogP contribution in [-0.4, -0.2) is 39.0 Å². The fraction of sp³-hybridized carbons (Fsp3) is 0.607. The fourth-order valence-electron chi connectivity index (χ4n) is 7.39. The molecule has 2 N–H and O–H groups in total. The van der Waals surface area contributed by atoms with Gasteiger partial charge in [0.15, 0.2) is 0 Å². The van der Waals surface area contributed by atoms with Crippen LogP contribution in [0.4, 0.5) is 0 Å². The number of carbonyl (C=O) groups is 1. The van der Waals surface area contributed by atoms with E-state index in [0.717, 1.165) is 12.8 Å². The van der Waals surface area contributed by atoms with E-state index in [2.05, 4.69) is 18.8 Å². The molecule has 8 nitrogen and oxygen atoms in total. The molecule has 36 heavy (non-hydrogen) atoms. The zero-order chi connectivity index (χ0) is 25.4. The second-order valence-electron chi connectivity index (χ2n) is 11.6. The Balaban J connectivity index is 1.37. The number of aliphatic hydroxyl groups is 2. The number of pyridine rings is 1. The molecule has 0 bridgehead atoms. The molecule has 4 aliphatic rings. The molecule has 3 saturated carbocycles. The molecule has 2 aromatic rings. The summed E-state index contributed by atoms with van der Waals surface area (Å²) in [6.45, 7) is 6.02. The summed E-state index contributed by atoms with van der Waals surface area (Å²) >= 11 is 0. The van der Waals surface area contributed by atoms with Gasteiger partial charge in [-0.05, 0) is 68.4 Å². The van der Waals surface area contributed by atoms with Crippen molar-refractivity contribution in [2.75, 3.05) is 0 Å². The van der Waals surface area contributed by atoms with Gasteiger partial charge in [0, 0.05) is 29.9 Å².